The standard InChI is InChI=1S/C52H40N2/c1-53(46-28-22-42(23-29-46)39-13-5-2-6-14-39)52-36-45-35-38(21-34-49(45)50-19-11-12-20-51(50)52)37-54(47-30-24-43(25-31-47)40-15-7-3-8-16-40)48-32-26-44(27-33-48)41-17-9-4-10-18-41/h2-36H,37H2,1H3. The quantitative estimate of drug-likeness (QED) is 0.139. The van der Waals surface area contributed by atoms with Crippen molar-refractivity contribution in [2.45, 2.75) is 6.54 Å². The molecule has 54 heavy (non-hydrogen) atoms. The molecular weight excluding hydrogens is 653 g/mol. The molecule has 0 aliphatic carbocycles. The minimum atomic E-state index is 0.726. The molecule has 2 heteroatoms. The van der Waals surface area contributed by atoms with Crippen LogP contribution < -0.4 is 9.80 Å². The van der Waals surface area contributed by atoms with Gasteiger partial charge in [-0.3, -0.25) is 0 Å². The number of benzene rings is 9. The molecule has 0 unspecified atom stereocenters. The molecule has 0 radical (unpaired) electrons. The summed E-state index contributed by atoms with van der Waals surface area (Å²) in [6.07, 6.45) is 0. The van der Waals surface area contributed by atoms with Crippen molar-refractivity contribution in [2.24, 2.45) is 0 Å². The van der Waals surface area contributed by atoms with Crippen LogP contribution in [0.1, 0.15) is 5.56 Å². The molecular formula is C52H40N2. The Hall–Kier alpha value is -6.90. The highest BCUT2D eigenvalue weighted by molar-refractivity contribution is 6.13. The summed E-state index contributed by atoms with van der Waals surface area (Å²) in [5.74, 6) is 0. The average molecular weight is 693 g/mol. The second-order valence-electron chi connectivity index (χ2n) is 13.9. The van der Waals surface area contributed by atoms with Gasteiger partial charge in [0.05, 0.1) is 0 Å². The molecule has 0 saturated carbocycles. The van der Waals surface area contributed by atoms with Crippen LogP contribution in [0.25, 0.3) is 54.9 Å². The van der Waals surface area contributed by atoms with Crippen LogP contribution >= 0.6 is 0 Å². The summed E-state index contributed by atoms with van der Waals surface area (Å²) in [6, 6.07) is 76.7. The van der Waals surface area contributed by atoms with Crippen molar-refractivity contribution in [3.63, 3.8) is 0 Å². The van der Waals surface area contributed by atoms with Crippen molar-refractivity contribution < 1.29 is 0 Å². The molecule has 0 N–H and O–H groups in total. The molecule has 9 aromatic rings. The summed E-state index contributed by atoms with van der Waals surface area (Å²) >= 11 is 0. The number of rotatable bonds is 9. The summed E-state index contributed by atoms with van der Waals surface area (Å²) in [5.41, 5.74) is 13.2. The first kappa shape index (κ1) is 33.0. The highest BCUT2D eigenvalue weighted by Gasteiger charge is 2.15. The molecule has 0 bridgehead atoms. The van der Waals surface area contributed by atoms with E-state index in [1.165, 1.54) is 66.2 Å². The van der Waals surface area contributed by atoms with E-state index in [4.69, 9.17) is 0 Å². The number of fused-ring (bicyclic) bond motifs is 3. The molecule has 2 nitrogen and oxygen atoms in total. The van der Waals surface area contributed by atoms with Crippen molar-refractivity contribution in [3.05, 3.63) is 218 Å². The number of hydrogen-bond donors (Lipinski definition) is 0. The molecule has 258 valence electrons. The van der Waals surface area contributed by atoms with Crippen LogP contribution in [0.5, 0.6) is 0 Å². The molecule has 0 spiro atoms. The molecule has 0 aliphatic heterocycles. The average Bonchev–Trinajstić information content (AvgIpc) is 3.26. The van der Waals surface area contributed by atoms with Crippen molar-refractivity contribution >= 4 is 44.3 Å². The van der Waals surface area contributed by atoms with Crippen LogP contribution in [0.4, 0.5) is 22.7 Å². The van der Waals surface area contributed by atoms with Crippen LogP contribution in [-0.4, -0.2) is 7.05 Å². The lowest BCUT2D eigenvalue weighted by Crippen LogP contribution is -2.16. The fourth-order valence-corrected chi connectivity index (χ4v) is 7.61. The number of nitrogens with zero attached hydrogens (tertiary/aromatic N) is 2. The first-order chi connectivity index (χ1) is 26.7. The van der Waals surface area contributed by atoms with Gasteiger partial charge >= 0.3 is 0 Å². The van der Waals surface area contributed by atoms with Crippen LogP contribution in [0, 0.1) is 0 Å². The van der Waals surface area contributed by atoms with Gasteiger partial charge in [0.25, 0.3) is 0 Å². The molecule has 0 fully saturated rings. The van der Waals surface area contributed by atoms with Gasteiger partial charge in [-0.25, -0.2) is 0 Å². The minimum Gasteiger partial charge on any atom is -0.344 e. The van der Waals surface area contributed by atoms with E-state index >= 15 is 0 Å². The third-order valence-electron chi connectivity index (χ3n) is 10.5. The van der Waals surface area contributed by atoms with Crippen molar-refractivity contribution in [2.75, 3.05) is 16.8 Å². The first-order valence-electron chi connectivity index (χ1n) is 18.6. The van der Waals surface area contributed by atoms with E-state index in [1.807, 2.05) is 0 Å². The van der Waals surface area contributed by atoms with E-state index in [0.29, 0.717) is 0 Å². The zero-order valence-electron chi connectivity index (χ0n) is 30.3. The molecule has 0 aromatic heterocycles. The topological polar surface area (TPSA) is 6.48 Å². The smallest absolute Gasteiger partial charge is 0.0494 e. The fraction of sp³-hybridized carbons (Fsp3) is 0.0385. The summed E-state index contributed by atoms with van der Waals surface area (Å²) in [4.78, 5) is 4.74. The largest absolute Gasteiger partial charge is 0.344 e. The summed E-state index contributed by atoms with van der Waals surface area (Å²) in [6.45, 7) is 0.726. The highest BCUT2D eigenvalue weighted by Crippen LogP contribution is 2.39. The number of anilines is 4. The van der Waals surface area contributed by atoms with Crippen LogP contribution in [0.3, 0.4) is 0 Å². The Balaban J connectivity index is 1.09. The zero-order valence-corrected chi connectivity index (χ0v) is 30.3. The van der Waals surface area contributed by atoms with E-state index in [0.717, 1.165) is 23.6 Å². The van der Waals surface area contributed by atoms with Gasteiger partial charge in [0.1, 0.15) is 0 Å². The predicted octanol–water partition coefficient (Wildman–Crippen LogP) is 14.1. The summed E-state index contributed by atoms with van der Waals surface area (Å²) < 4.78 is 0. The van der Waals surface area contributed by atoms with Crippen LogP contribution in [-0.2, 0) is 6.54 Å². The Morgan fingerprint density at radius 2 is 0.741 bits per heavy atom. The lowest BCUT2D eigenvalue weighted by atomic mass is 9.97. The Morgan fingerprint density at radius 1 is 0.333 bits per heavy atom. The van der Waals surface area contributed by atoms with Gasteiger partial charge in [0, 0.05) is 41.7 Å². The van der Waals surface area contributed by atoms with Gasteiger partial charge in [-0.1, -0.05) is 164 Å². The molecule has 0 heterocycles. The third kappa shape index (κ3) is 6.62. The Kier molecular flexibility index (Phi) is 8.92. The third-order valence-corrected chi connectivity index (χ3v) is 10.5. The summed E-state index contributed by atoms with van der Waals surface area (Å²) in [5, 5.41) is 4.99. The van der Waals surface area contributed by atoms with Gasteiger partial charge in [-0.05, 0) is 104 Å². The van der Waals surface area contributed by atoms with E-state index in [9.17, 15) is 0 Å². The second kappa shape index (κ2) is 14.6. The van der Waals surface area contributed by atoms with Gasteiger partial charge in [-0.15, -0.1) is 0 Å². The molecule has 0 amide bonds. The minimum absolute atomic E-state index is 0.726. The second-order valence-corrected chi connectivity index (χ2v) is 13.9. The fourth-order valence-electron chi connectivity index (χ4n) is 7.61. The molecule has 0 saturated heterocycles. The van der Waals surface area contributed by atoms with Gasteiger partial charge in [-0.2, -0.15) is 0 Å². The highest BCUT2D eigenvalue weighted by atomic mass is 15.1. The van der Waals surface area contributed by atoms with Gasteiger partial charge in [0.2, 0.25) is 0 Å². The van der Waals surface area contributed by atoms with Crippen LogP contribution in [0.15, 0.2) is 212 Å². The normalized spacial score (nSPS) is 11.1. The maximum Gasteiger partial charge on any atom is 0.0494 e. The molecule has 9 rings (SSSR count). The van der Waals surface area contributed by atoms with E-state index < -0.39 is 0 Å². The lowest BCUT2D eigenvalue weighted by molar-refractivity contribution is 0.978. The Morgan fingerprint density at radius 3 is 1.22 bits per heavy atom. The van der Waals surface area contributed by atoms with Gasteiger partial charge in [0.15, 0.2) is 0 Å². The maximum atomic E-state index is 2.42. The SMILES string of the molecule is CN(c1ccc(-c2ccccc2)cc1)c1cc2cc(CN(c3ccc(-c4ccccc4)cc3)c3ccc(-c4ccccc4)cc3)ccc2c2ccccc12. The molecule has 0 atom stereocenters. The van der Waals surface area contributed by atoms with Crippen molar-refractivity contribution in [1.29, 1.82) is 0 Å². The van der Waals surface area contributed by atoms with E-state index in [1.54, 1.807) is 0 Å². The van der Waals surface area contributed by atoms with Crippen molar-refractivity contribution in [1.82, 2.24) is 0 Å². The zero-order chi connectivity index (χ0) is 36.3. The predicted molar refractivity (Wildman–Crippen MR) is 231 cm³/mol. The molecule has 9 aromatic carbocycles. The van der Waals surface area contributed by atoms with E-state index in [2.05, 4.69) is 229 Å². The van der Waals surface area contributed by atoms with Crippen molar-refractivity contribution in [3.8, 4) is 33.4 Å². The van der Waals surface area contributed by atoms with Crippen LogP contribution in [0.2, 0.25) is 0 Å². The van der Waals surface area contributed by atoms with E-state index in [-0.39, 0.29) is 0 Å². The van der Waals surface area contributed by atoms with Gasteiger partial charge < -0.3 is 9.80 Å². The molecule has 0 aliphatic rings. The Bertz CT molecular complexity index is 2570. The maximum absolute atomic E-state index is 2.42. The lowest BCUT2D eigenvalue weighted by Gasteiger charge is -2.26. The number of hydrogen-bond acceptors (Lipinski definition) is 2. The Labute approximate surface area is 317 Å². The summed E-state index contributed by atoms with van der Waals surface area (Å²) in [7, 11) is 2.18. The first-order valence-corrected chi connectivity index (χ1v) is 18.6. The monoisotopic (exact) mass is 692 g/mol.